The Bertz CT molecular complexity index is 421. The summed E-state index contributed by atoms with van der Waals surface area (Å²) in [6.45, 7) is 0.0977. The highest BCUT2D eigenvalue weighted by molar-refractivity contribution is 5.79. The topological polar surface area (TPSA) is 95.9 Å². The first kappa shape index (κ1) is 16.0. The Hall–Kier alpha value is -2.08. The summed E-state index contributed by atoms with van der Waals surface area (Å²) in [5, 5.41) is 19.9. The molecular weight excluding hydrogens is 262 g/mol. The molecule has 6 nitrogen and oxygen atoms in total. The average Bonchev–Trinajstić information content (AvgIpc) is 2.45. The summed E-state index contributed by atoms with van der Waals surface area (Å²) >= 11 is 0. The molecule has 0 bridgehead atoms. The molecule has 0 aromatic heterocycles. The Morgan fingerprint density at radius 2 is 1.90 bits per heavy atom. The fourth-order valence-corrected chi connectivity index (χ4v) is 1.62. The molecule has 0 spiro atoms. The summed E-state index contributed by atoms with van der Waals surface area (Å²) in [5.74, 6) is -1.11. The van der Waals surface area contributed by atoms with E-state index in [1.807, 2.05) is 30.3 Å². The molecule has 0 fully saturated rings. The van der Waals surface area contributed by atoms with E-state index in [-0.39, 0.29) is 19.6 Å². The first-order valence-corrected chi connectivity index (χ1v) is 6.44. The van der Waals surface area contributed by atoms with Crippen molar-refractivity contribution in [3.05, 3.63) is 35.9 Å². The van der Waals surface area contributed by atoms with Crippen LogP contribution in [0.4, 0.5) is 4.79 Å². The van der Waals surface area contributed by atoms with Crippen molar-refractivity contribution >= 4 is 12.1 Å². The SMILES string of the molecule is O=C(N[C@@H](CCCCO)C(=O)O)OCc1ccccc1. The maximum absolute atomic E-state index is 11.5. The summed E-state index contributed by atoms with van der Waals surface area (Å²) in [4.78, 5) is 22.5. The number of rotatable bonds is 8. The zero-order chi connectivity index (χ0) is 14.8. The maximum atomic E-state index is 11.5. The molecule has 0 heterocycles. The summed E-state index contributed by atoms with van der Waals surface area (Å²) in [7, 11) is 0. The van der Waals surface area contributed by atoms with Gasteiger partial charge in [-0.2, -0.15) is 0 Å². The fraction of sp³-hybridized carbons (Fsp3) is 0.429. The van der Waals surface area contributed by atoms with Gasteiger partial charge >= 0.3 is 12.1 Å². The highest BCUT2D eigenvalue weighted by Gasteiger charge is 2.19. The van der Waals surface area contributed by atoms with Gasteiger partial charge in [0.2, 0.25) is 0 Å². The molecule has 0 aliphatic rings. The third-order valence-electron chi connectivity index (χ3n) is 2.70. The Balaban J connectivity index is 2.36. The van der Waals surface area contributed by atoms with E-state index < -0.39 is 18.1 Å². The van der Waals surface area contributed by atoms with E-state index in [4.69, 9.17) is 14.9 Å². The largest absolute Gasteiger partial charge is 0.480 e. The normalized spacial score (nSPS) is 11.7. The van der Waals surface area contributed by atoms with Crippen LogP contribution in [-0.2, 0) is 16.1 Å². The van der Waals surface area contributed by atoms with Crippen LogP contribution in [0.2, 0.25) is 0 Å². The number of carboxylic acids is 1. The number of nitrogens with one attached hydrogen (secondary N) is 1. The summed E-state index contributed by atoms with van der Waals surface area (Å²) < 4.78 is 4.95. The first-order chi connectivity index (χ1) is 9.63. The maximum Gasteiger partial charge on any atom is 0.408 e. The van der Waals surface area contributed by atoms with Gasteiger partial charge < -0.3 is 20.3 Å². The van der Waals surface area contributed by atoms with E-state index in [0.717, 1.165) is 5.56 Å². The second kappa shape index (κ2) is 8.92. The minimum absolute atomic E-state index is 0.00475. The monoisotopic (exact) mass is 281 g/mol. The number of aliphatic carboxylic acids is 1. The second-order valence-electron chi connectivity index (χ2n) is 4.32. The van der Waals surface area contributed by atoms with Gasteiger partial charge in [0, 0.05) is 6.61 Å². The molecule has 0 saturated carbocycles. The Kier molecular flexibility index (Phi) is 7.13. The Labute approximate surface area is 117 Å². The van der Waals surface area contributed by atoms with Gasteiger partial charge in [-0.1, -0.05) is 30.3 Å². The quantitative estimate of drug-likeness (QED) is 0.628. The van der Waals surface area contributed by atoms with Gasteiger partial charge in [0.25, 0.3) is 0 Å². The standard InChI is InChI=1S/C14H19NO5/c16-9-5-4-8-12(13(17)18)15-14(19)20-10-11-6-2-1-3-7-11/h1-3,6-7,12,16H,4-5,8-10H2,(H,15,19)(H,17,18)/t12-/m0/s1. The zero-order valence-electron chi connectivity index (χ0n) is 11.1. The van der Waals surface area contributed by atoms with Gasteiger partial charge in [-0.3, -0.25) is 0 Å². The van der Waals surface area contributed by atoms with Gasteiger partial charge in [0.1, 0.15) is 12.6 Å². The minimum Gasteiger partial charge on any atom is -0.480 e. The third-order valence-corrected chi connectivity index (χ3v) is 2.70. The molecule has 0 aliphatic carbocycles. The molecular formula is C14H19NO5. The van der Waals surface area contributed by atoms with Crippen molar-refractivity contribution in [1.29, 1.82) is 0 Å². The lowest BCUT2D eigenvalue weighted by atomic mass is 10.1. The van der Waals surface area contributed by atoms with Crippen molar-refractivity contribution in [2.75, 3.05) is 6.61 Å². The van der Waals surface area contributed by atoms with E-state index in [1.54, 1.807) is 0 Å². The summed E-state index contributed by atoms with van der Waals surface area (Å²) in [6, 6.07) is 8.12. The molecule has 0 radical (unpaired) electrons. The van der Waals surface area contributed by atoms with E-state index in [0.29, 0.717) is 12.8 Å². The minimum atomic E-state index is -1.11. The predicted octanol–water partition coefficient (Wildman–Crippen LogP) is 1.53. The first-order valence-electron chi connectivity index (χ1n) is 6.44. The molecule has 6 heteroatoms. The number of benzene rings is 1. The van der Waals surface area contributed by atoms with Crippen LogP contribution in [0.15, 0.2) is 30.3 Å². The van der Waals surface area contributed by atoms with Gasteiger partial charge in [-0.25, -0.2) is 9.59 Å². The molecule has 1 rings (SSSR count). The lowest BCUT2D eigenvalue weighted by Crippen LogP contribution is -2.41. The van der Waals surface area contributed by atoms with Gasteiger partial charge in [-0.05, 0) is 24.8 Å². The molecule has 0 saturated heterocycles. The van der Waals surface area contributed by atoms with Crippen LogP contribution in [0, 0.1) is 0 Å². The molecule has 110 valence electrons. The molecule has 1 atom stereocenters. The van der Waals surface area contributed by atoms with Gasteiger partial charge in [0.15, 0.2) is 0 Å². The van der Waals surface area contributed by atoms with Gasteiger partial charge in [-0.15, -0.1) is 0 Å². The van der Waals surface area contributed by atoms with Crippen molar-refractivity contribution < 1.29 is 24.5 Å². The van der Waals surface area contributed by atoms with Gasteiger partial charge in [0.05, 0.1) is 0 Å². The van der Waals surface area contributed by atoms with E-state index in [9.17, 15) is 9.59 Å². The fourth-order valence-electron chi connectivity index (χ4n) is 1.62. The van der Waals surface area contributed by atoms with E-state index in [1.165, 1.54) is 0 Å². The van der Waals surface area contributed by atoms with Crippen LogP contribution < -0.4 is 5.32 Å². The van der Waals surface area contributed by atoms with Crippen LogP contribution in [0.5, 0.6) is 0 Å². The van der Waals surface area contributed by atoms with Crippen molar-refractivity contribution in [1.82, 2.24) is 5.32 Å². The van der Waals surface area contributed by atoms with Crippen LogP contribution >= 0.6 is 0 Å². The number of carbonyl (C=O) groups excluding carboxylic acids is 1. The number of hydrogen-bond acceptors (Lipinski definition) is 4. The van der Waals surface area contributed by atoms with Crippen LogP contribution in [0.25, 0.3) is 0 Å². The number of amides is 1. The highest BCUT2D eigenvalue weighted by Crippen LogP contribution is 2.04. The van der Waals surface area contributed by atoms with Crippen LogP contribution in [0.3, 0.4) is 0 Å². The Morgan fingerprint density at radius 1 is 1.20 bits per heavy atom. The third kappa shape index (κ3) is 6.19. The summed E-state index contributed by atoms with van der Waals surface area (Å²) in [6.07, 6.45) is 0.526. The number of aliphatic hydroxyl groups excluding tert-OH is 1. The summed E-state index contributed by atoms with van der Waals surface area (Å²) in [5.41, 5.74) is 0.829. The smallest absolute Gasteiger partial charge is 0.408 e. The molecule has 0 aliphatic heterocycles. The molecule has 20 heavy (non-hydrogen) atoms. The molecule has 1 aromatic rings. The zero-order valence-corrected chi connectivity index (χ0v) is 11.1. The molecule has 0 unspecified atom stereocenters. The number of aliphatic hydroxyl groups is 1. The Morgan fingerprint density at radius 3 is 2.50 bits per heavy atom. The lowest BCUT2D eigenvalue weighted by molar-refractivity contribution is -0.139. The van der Waals surface area contributed by atoms with Crippen molar-refractivity contribution in [3.8, 4) is 0 Å². The molecule has 1 amide bonds. The van der Waals surface area contributed by atoms with Crippen LogP contribution in [-0.4, -0.2) is 34.9 Å². The number of carboxylic acid groups (broad SMARTS) is 1. The van der Waals surface area contributed by atoms with E-state index >= 15 is 0 Å². The number of ether oxygens (including phenoxy) is 1. The average molecular weight is 281 g/mol. The van der Waals surface area contributed by atoms with E-state index in [2.05, 4.69) is 5.32 Å². The molecule has 3 N–H and O–H groups in total. The predicted molar refractivity (Wildman–Crippen MR) is 72.1 cm³/mol. The van der Waals surface area contributed by atoms with Crippen molar-refractivity contribution in [2.24, 2.45) is 0 Å². The number of carbonyl (C=O) groups is 2. The highest BCUT2D eigenvalue weighted by atomic mass is 16.5. The van der Waals surface area contributed by atoms with Crippen LogP contribution in [0.1, 0.15) is 24.8 Å². The second-order valence-corrected chi connectivity index (χ2v) is 4.32. The van der Waals surface area contributed by atoms with Crippen molar-refractivity contribution in [2.45, 2.75) is 31.9 Å². The lowest BCUT2D eigenvalue weighted by Gasteiger charge is -2.14. The number of alkyl carbamates (subject to hydrolysis) is 1. The number of unbranched alkanes of at least 4 members (excludes halogenated alkanes) is 1. The van der Waals surface area contributed by atoms with Crippen molar-refractivity contribution in [3.63, 3.8) is 0 Å². The number of hydrogen-bond donors (Lipinski definition) is 3. The molecule has 1 aromatic carbocycles.